The van der Waals surface area contributed by atoms with E-state index in [-0.39, 0.29) is 17.5 Å². The first-order valence-corrected chi connectivity index (χ1v) is 7.86. The van der Waals surface area contributed by atoms with E-state index in [1.165, 1.54) is 0 Å². The van der Waals surface area contributed by atoms with Gasteiger partial charge in [0, 0.05) is 12.1 Å². The molecule has 0 heterocycles. The predicted molar refractivity (Wildman–Crippen MR) is 72.5 cm³/mol. The van der Waals surface area contributed by atoms with Gasteiger partial charge in [-0.25, -0.2) is 8.42 Å². The molecular weight excluding hydrogens is 234 g/mol. The Hall–Kier alpha value is -0.0900. The fraction of sp³-hybridized carbons (Fsp3) is 1.00. The van der Waals surface area contributed by atoms with Crippen LogP contribution in [0.4, 0.5) is 0 Å². The Labute approximate surface area is 107 Å². The first-order valence-electron chi connectivity index (χ1n) is 6.42. The van der Waals surface area contributed by atoms with Crippen molar-refractivity contribution in [3.05, 3.63) is 0 Å². The van der Waals surface area contributed by atoms with Gasteiger partial charge in [-0.3, -0.25) is 0 Å². The molecular formula is C13H27NO2S. The lowest BCUT2D eigenvalue weighted by atomic mass is 9.88. The van der Waals surface area contributed by atoms with Gasteiger partial charge in [-0.15, -0.1) is 0 Å². The monoisotopic (exact) mass is 261 g/mol. The summed E-state index contributed by atoms with van der Waals surface area (Å²) in [6, 6.07) is 0.271. The van der Waals surface area contributed by atoms with E-state index in [0.29, 0.717) is 0 Å². The Morgan fingerprint density at radius 1 is 1.06 bits per heavy atom. The molecule has 1 atom stereocenters. The van der Waals surface area contributed by atoms with Crippen LogP contribution in [-0.2, 0) is 10.0 Å². The maximum absolute atomic E-state index is 12.6. The predicted octanol–water partition coefficient (Wildman–Crippen LogP) is 3.01. The van der Waals surface area contributed by atoms with Crippen LogP contribution in [0.25, 0.3) is 0 Å². The molecule has 102 valence electrons. The minimum Gasteiger partial charge on any atom is -0.212 e. The van der Waals surface area contributed by atoms with Crippen LogP contribution in [0.15, 0.2) is 0 Å². The first-order chi connectivity index (χ1) is 7.39. The van der Waals surface area contributed by atoms with E-state index in [9.17, 15) is 8.42 Å². The molecule has 4 heteroatoms. The van der Waals surface area contributed by atoms with Gasteiger partial charge in [0.2, 0.25) is 10.0 Å². The molecule has 3 nitrogen and oxygen atoms in total. The van der Waals surface area contributed by atoms with Crippen molar-refractivity contribution >= 4 is 10.0 Å². The lowest BCUT2D eigenvalue weighted by Gasteiger charge is -2.40. The van der Waals surface area contributed by atoms with E-state index < -0.39 is 14.8 Å². The Kier molecular flexibility index (Phi) is 3.73. The summed E-state index contributed by atoms with van der Waals surface area (Å²) < 4.78 is 26.4. The lowest BCUT2D eigenvalue weighted by molar-refractivity contribution is 0.183. The first kappa shape index (κ1) is 15.0. The highest BCUT2D eigenvalue weighted by molar-refractivity contribution is 7.90. The van der Waals surface area contributed by atoms with Crippen molar-refractivity contribution < 1.29 is 8.42 Å². The highest BCUT2D eigenvalue weighted by Gasteiger charge is 2.47. The summed E-state index contributed by atoms with van der Waals surface area (Å²) in [5.41, 5.74) is -0.0269. The summed E-state index contributed by atoms with van der Waals surface area (Å²) in [5, 5.41) is 0. The SMILES string of the molecule is C[C@@H](N(C1CC1)S(=O)(=O)C(C)(C)C)C(C)(C)C. The molecule has 0 N–H and O–H groups in total. The highest BCUT2D eigenvalue weighted by Crippen LogP contribution is 2.39. The molecule has 0 radical (unpaired) electrons. The molecule has 0 bridgehead atoms. The Balaban J connectivity index is 3.12. The molecule has 0 aliphatic heterocycles. The van der Waals surface area contributed by atoms with Crippen LogP contribution in [0.2, 0.25) is 0 Å². The van der Waals surface area contributed by atoms with Crippen LogP contribution in [0.1, 0.15) is 61.3 Å². The van der Waals surface area contributed by atoms with Gasteiger partial charge in [0.25, 0.3) is 0 Å². The van der Waals surface area contributed by atoms with Crippen molar-refractivity contribution in [2.24, 2.45) is 5.41 Å². The van der Waals surface area contributed by atoms with Crippen molar-refractivity contribution in [2.75, 3.05) is 0 Å². The van der Waals surface area contributed by atoms with E-state index in [1.54, 1.807) is 25.1 Å². The van der Waals surface area contributed by atoms with E-state index in [4.69, 9.17) is 0 Å². The quantitative estimate of drug-likeness (QED) is 0.783. The molecule has 0 aromatic heterocycles. The number of sulfonamides is 1. The molecule has 1 rings (SSSR count). The molecule has 1 aliphatic carbocycles. The third-order valence-corrected chi connectivity index (χ3v) is 6.31. The molecule has 0 aromatic carbocycles. The summed E-state index contributed by atoms with van der Waals surface area (Å²) in [6.45, 7) is 13.7. The van der Waals surface area contributed by atoms with E-state index in [1.807, 2.05) is 6.92 Å². The average Bonchev–Trinajstić information content (AvgIpc) is 2.83. The fourth-order valence-electron chi connectivity index (χ4n) is 1.75. The zero-order chi connectivity index (χ0) is 13.6. The maximum atomic E-state index is 12.6. The molecule has 0 amide bonds. The van der Waals surface area contributed by atoms with E-state index in [0.717, 1.165) is 12.8 Å². The third kappa shape index (κ3) is 3.02. The van der Waals surface area contributed by atoms with Crippen LogP contribution in [0.3, 0.4) is 0 Å². The van der Waals surface area contributed by atoms with Crippen molar-refractivity contribution in [2.45, 2.75) is 78.1 Å². The molecule has 0 spiro atoms. The largest absolute Gasteiger partial charge is 0.219 e. The number of hydrogen-bond acceptors (Lipinski definition) is 2. The summed E-state index contributed by atoms with van der Waals surface area (Å²) in [7, 11) is -3.22. The zero-order valence-corrected chi connectivity index (χ0v) is 13.1. The Bertz CT molecular complexity index is 369. The molecule has 1 fully saturated rings. The molecule has 1 aliphatic rings. The van der Waals surface area contributed by atoms with Gasteiger partial charge in [-0.1, -0.05) is 20.8 Å². The Morgan fingerprint density at radius 2 is 1.47 bits per heavy atom. The van der Waals surface area contributed by atoms with Crippen LogP contribution in [-0.4, -0.2) is 29.6 Å². The van der Waals surface area contributed by atoms with Crippen molar-refractivity contribution in [1.29, 1.82) is 0 Å². The molecule has 1 saturated carbocycles. The van der Waals surface area contributed by atoms with Gasteiger partial charge in [-0.2, -0.15) is 4.31 Å². The van der Waals surface area contributed by atoms with Gasteiger partial charge in [0.15, 0.2) is 0 Å². The zero-order valence-electron chi connectivity index (χ0n) is 12.2. The second kappa shape index (κ2) is 4.23. The number of nitrogens with zero attached hydrogens (tertiary/aromatic N) is 1. The molecule has 17 heavy (non-hydrogen) atoms. The minimum absolute atomic E-state index is 0.0269. The van der Waals surface area contributed by atoms with Gasteiger partial charge < -0.3 is 0 Å². The van der Waals surface area contributed by atoms with Gasteiger partial charge in [0.1, 0.15) is 0 Å². The van der Waals surface area contributed by atoms with Gasteiger partial charge in [-0.05, 0) is 46.0 Å². The summed E-state index contributed by atoms with van der Waals surface area (Å²) >= 11 is 0. The summed E-state index contributed by atoms with van der Waals surface area (Å²) in [4.78, 5) is 0. The van der Waals surface area contributed by atoms with Crippen molar-refractivity contribution in [3.63, 3.8) is 0 Å². The molecule has 0 aromatic rings. The third-order valence-electron chi connectivity index (χ3n) is 3.59. The minimum atomic E-state index is -3.22. The van der Waals surface area contributed by atoms with E-state index in [2.05, 4.69) is 20.8 Å². The number of rotatable bonds is 3. The lowest BCUT2D eigenvalue weighted by Crippen LogP contribution is -2.52. The summed E-state index contributed by atoms with van der Waals surface area (Å²) in [5.74, 6) is 0. The Morgan fingerprint density at radius 3 is 1.71 bits per heavy atom. The fourth-order valence-corrected chi connectivity index (χ4v) is 3.72. The standard InChI is InChI=1S/C13H27NO2S/c1-10(12(2,3)4)14(11-8-9-11)17(15,16)13(5,6)7/h10-11H,8-9H2,1-7H3/t10-/m1/s1. The summed E-state index contributed by atoms with van der Waals surface area (Å²) in [6.07, 6.45) is 2.02. The second-order valence-corrected chi connectivity index (χ2v) is 9.82. The van der Waals surface area contributed by atoms with Crippen LogP contribution >= 0.6 is 0 Å². The van der Waals surface area contributed by atoms with E-state index >= 15 is 0 Å². The number of hydrogen-bond donors (Lipinski definition) is 0. The smallest absolute Gasteiger partial charge is 0.212 e. The average molecular weight is 261 g/mol. The van der Waals surface area contributed by atoms with Crippen molar-refractivity contribution in [3.8, 4) is 0 Å². The topological polar surface area (TPSA) is 37.4 Å². The van der Waals surface area contributed by atoms with Gasteiger partial charge in [0.05, 0.1) is 4.75 Å². The maximum Gasteiger partial charge on any atom is 0.219 e. The van der Waals surface area contributed by atoms with Crippen LogP contribution in [0, 0.1) is 5.41 Å². The second-order valence-electron chi connectivity index (χ2n) is 7.22. The van der Waals surface area contributed by atoms with Gasteiger partial charge >= 0.3 is 0 Å². The normalized spacial score (nSPS) is 20.7. The molecule has 0 saturated heterocycles. The highest BCUT2D eigenvalue weighted by atomic mass is 32.2. The van der Waals surface area contributed by atoms with Crippen molar-refractivity contribution in [1.82, 2.24) is 4.31 Å². The van der Waals surface area contributed by atoms with Crippen LogP contribution in [0.5, 0.6) is 0 Å². The van der Waals surface area contributed by atoms with Crippen LogP contribution < -0.4 is 0 Å². The molecule has 0 unspecified atom stereocenters.